The summed E-state index contributed by atoms with van der Waals surface area (Å²) in [6, 6.07) is 2.09. The summed E-state index contributed by atoms with van der Waals surface area (Å²) < 4.78 is 0. The lowest BCUT2D eigenvalue weighted by molar-refractivity contribution is 0.782. The number of rotatable bonds is 6. The lowest BCUT2D eigenvalue weighted by atomic mass is 10.1. The second-order valence-corrected chi connectivity index (χ2v) is 4.44. The maximum atomic E-state index is 5.81. The van der Waals surface area contributed by atoms with Crippen LogP contribution in [-0.4, -0.2) is 18.6 Å². The van der Waals surface area contributed by atoms with Gasteiger partial charge in [0.25, 0.3) is 0 Å². The zero-order valence-corrected chi connectivity index (χ0v) is 11.2. The van der Waals surface area contributed by atoms with E-state index in [1.54, 1.807) is 0 Å². The van der Waals surface area contributed by atoms with Crippen LogP contribution in [0.5, 0.6) is 0 Å². The second kappa shape index (κ2) is 6.40. The number of nitrogens with two attached hydrogens (primary N) is 1. The molecule has 3 nitrogen and oxygen atoms in total. The van der Waals surface area contributed by atoms with Crippen LogP contribution in [0.1, 0.15) is 29.7 Å². The van der Waals surface area contributed by atoms with E-state index in [9.17, 15) is 0 Å². The van der Waals surface area contributed by atoms with Gasteiger partial charge in [0, 0.05) is 31.4 Å². The Bertz CT molecular complexity index is 385. The zero-order valence-electron chi connectivity index (χ0n) is 11.2. The number of nitrogens with zero attached hydrogens (tertiary/aromatic N) is 2. The third-order valence-corrected chi connectivity index (χ3v) is 2.92. The topological polar surface area (TPSA) is 42.2 Å². The van der Waals surface area contributed by atoms with Crippen LogP contribution in [0.15, 0.2) is 18.7 Å². The zero-order chi connectivity index (χ0) is 12.8. The molecule has 17 heavy (non-hydrogen) atoms. The molecule has 0 unspecified atom stereocenters. The quantitative estimate of drug-likeness (QED) is 0.606. The molecule has 0 spiro atoms. The molecule has 0 saturated heterocycles. The van der Waals surface area contributed by atoms with Crippen molar-refractivity contribution < 1.29 is 0 Å². The normalized spacial score (nSPS) is 10.4. The maximum Gasteiger partial charge on any atom is 0.133 e. The summed E-state index contributed by atoms with van der Waals surface area (Å²) in [5.74, 6) is 1.02. The van der Waals surface area contributed by atoms with Crippen molar-refractivity contribution in [3.05, 3.63) is 35.5 Å². The molecule has 0 saturated carbocycles. The van der Waals surface area contributed by atoms with Gasteiger partial charge in [0.1, 0.15) is 5.82 Å². The number of pyridine rings is 1. The Morgan fingerprint density at radius 2 is 2.18 bits per heavy atom. The first-order valence-electron chi connectivity index (χ1n) is 6.09. The van der Waals surface area contributed by atoms with E-state index in [4.69, 9.17) is 5.73 Å². The lowest BCUT2D eigenvalue weighted by Crippen LogP contribution is -2.23. The molecule has 0 aliphatic carbocycles. The fourth-order valence-corrected chi connectivity index (χ4v) is 1.99. The Kier molecular flexibility index (Phi) is 5.16. The highest BCUT2D eigenvalue weighted by atomic mass is 15.2. The average molecular weight is 233 g/mol. The number of allylic oxidation sites excluding steroid dienone is 1. The Hall–Kier alpha value is -1.35. The number of hydrogen-bond donors (Lipinski definition) is 1. The van der Waals surface area contributed by atoms with Gasteiger partial charge >= 0.3 is 0 Å². The molecule has 0 radical (unpaired) electrons. The Morgan fingerprint density at radius 3 is 2.76 bits per heavy atom. The van der Waals surface area contributed by atoms with Crippen LogP contribution in [0.3, 0.4) is 0 Å². The first-order valence-corrected chi connectivity index (χ1v) is 6.09. The molecule has 0 fully saturated rings. The monoisotopic (exact) mass is 233 g/mol. The van der Waals surface area contributed by atoms with Gasteiger partial charge in [-0.2, -0.15) is 0 Å². The first-order chi connectivity index (χ1) is 8.10. The summed E-state index contributed by atoms with van der Waals surface area (Å²) in [7, 11) is 2.07. The predicted molar refractivity (Wildman–Crippen MR) is 74.3 cm³/mol. The highest BCUT2D eigenvalue weighted by molar-refractivity contribution is 5.51. The molecule has 0 atom stereocenters. The molecule has 3 heteroatoms. The van der Waals surface area contributed by atoms with Gasteiger partial charge in [0.15, 0.2) is 0 Å². The SMILES string of the molecule is C=CCCCN(C)c1nc(C)cc(C)c1CN. The van der Waals surface area contributed by atoms with Gasteiger partial charge in [-0.05, 0) is 38.3 Å². The number of unbranched alkanes of at least 4 members (excludes halogenated alkanes) is 1. The van der Waals surface area contributed by atoms with E-state index >= 15 is 0 Å². The van der Waals surface area contributed by atoms with Crippen LogP contribution >= 0.6 is 0 Å². The Morgan fingerprint density at radius 1 is 1.47 bits per heavy atom. The maximum absolute atomic E-state index is 5.81. The van der Waals surface area contributed by atoms with Crippen molar-refractivity contribution in [3.63, 3.8) is 0 Å². The lowest BCUT2D eigenvalue weighted by Gasteiger charge is -2.22. The summed E-state index contributed by atoms with van der Waals surface area (Å²) in [6.45, 7) is 9.38. The number of hydrogen-bond acceptors (Lipinski definition) is 3. The fraction of sp³-hybridized carbons (Fsp3) is 0.500. The summed E-state index contributed by atoms with van der Waals surface area (Å²) >= 11 is 0. The van der Waals surface area contributed by atoms with Crippen LogP contribution in [0.2, 0.25) is 0 Å². The molecule has 2 N–H and O–H groups in total. The minimum Gasteiger partial charge on any atom is -0.359 e. The van der Waals surface area contributed by atoms with E-state index in [-0.39, 0.29) is 0 Å². The molecule has 0 aliphatic heterocycles. The van der Waals surface area contributed by atoms with E-state index in [1.807, 2.05) is 13.0 Å². The number of anilines is 1. The molecule has 0 bridgehead atoms. The van der Waals surface area contributed by atoms with Gasteiger partial charge < -0.3 is 10.6 Å². The molecule has 0 aromatic carbocycles. The van der Waals surface area contributed by atoms with E-state index in [0.29, 0.717) is 6.54 Å². The fourth-order valence-electron chi connectivity index (χ4n) is 1.99. The molecule has 94 valence electrons. The number of aromatic nitrogens is 1. The van der Waals surface area contributed by atoms with Crippen LogP contribution in [-0.2, 0) is 6.54 Å². The summed E-state index contributed by atoms with van der Waals surface area (Å²) in [5.41, 5.74) is 9.23. The van der Waals surface area contributed by atoms with Crippen molar-refractivity contribution in [2.24, 2.45) is 5.73 Å². The third-order valence-electron chi connectivity index (χ3n) is 2.92. The summed E-state index contributed by atoms with van der Waals surface area (Å²) in [4.78, 5) is 6.79. The molecule has 0 amide bonds. The van der Waals surface area contributed by atoms with Gasteiger partial charge in [-0.1, -0.05) is 6.08 Å². The third kappa shape index (κ3) is 3.56. The van der Waals surface area contributed by atoms with Gasteiger partial charge in [0.05, 0.1) is 0 Å². The second-order valence-electron chi connectivity index (χ2n) is 4.44. The standard InChI is InChI=1S/C14H23N3/c1-5-6-7-8-17(4)14-13(10-15)11(2)9-12(3)16-14/h5,9H,1,6-8,10,15H2,2-4H3. The van der Waals surface area contributed by atoms with Crippen LogP contribution in [0, 0.1) is 13.8 Å². The van der Waals surface area contributed by atoms with Crippen LogP contribution in [0.4, 0.5) is 5.82 Å². The van der Waals surface area contributed by atoms with Crippen molar-refractivity contribution >= 4 is 5.82 Å². The van der Waals surface area contributed by atoms with Crippen molar-refractivity contribution in [2.75, 3.05) is 18.5 Å². The van der Waals surface area contributed by atoms with Crippen LogP contribution in [0.25, 0.3) is 0 Å². The van der Waals surface area contributed by atoms with Gasteiger partial charge in [-0.15, -0.1) is 6.58 Å². The Labute approximate surface area is 104 Å². The number of aryl methyl sites for hydroxylation is 2. The van der Waals surface area contributed by atoms with Crippen molar-refractivity contribution in [1.82, 2.24) is 4.98 Å². The molecule has 1 rings (SSSR count). The van der Waals surface area contributed by atoms with Crippen LogP contribution < -0.4 is 10.6 Å². The molecular weight excluding hydrogens is 210 g/mol. The molecule has 1 heterocycles. The van der Waals surface area contributed by atoms with E-state index in [2.05, 4.69) is 36.5 Å². The largest absolute Gasteiger partial charge is 0.359 e. The molecule has 0 aliphatic rings. The van der Waals surface area contributed by atoms with Gasteiger partial charge in [0.2, 0.25) is 0 Å². The van der Waals surface area contributed by atoms with E-state index in [0.717, 1.165) is 36.5 Å². The van der Waals surface area contributed by atoms with Crippen molar-refractivity contribution in [3.8, 4) is 0 Å². The molecule has 1 aromatic rings. The predicted octanol–water partition coefficient (Wildman–Crippen LogP) is 2.56. The minimum atomic E-state index is 0.542. The highest BCUT2D eigenvalue weighted by Gasteiger charge is 2.11. The minimum absolute atomic E-state index is 0.542. The van der Waals surface area contributed by atoms with Gasteiger partial charge in [-0.3, -0.25) is 0 Å². The Balaban J connectivity index is 2.90. The molecular formula is C14H23N3. The van der Waals surface area contributed by atoms with Gasteiger partial charge in [-0.25, -0.2) is 4.98 Å². The summed E-state index contributed by atoms with van der Waals surface area (Å²) in [6.07, 6.45) is 4.08. The van der Waals surface area contributed by atoms with E-state index < -0.39 is 0 Å². The average Bonchev–Trinajstić information content (AvgIpc) is 2.28. The summed E-state index contributed by atoms with van der Waals surface area (Å²) in [5, 5.41) is 0. The smallest absolute Gasteiger partial charge is 0.133 e. The first kappa shape index (κ1) is 13.7. The molecule has 1 aromatic heterocycles. The van der Waals surface area contributed by atoms with Crippen molar-refractivity contribution in [2.45, 2.75) is 33.2 Å². The van der Waals surface area contributed by atoms with E-state index in [1.165, 1.54) is 5.56 Å². The highest BCUT2D eigenvalue weighted by Crippen LogP contribution is 2.21. The van der Waals surface area contributed by atoms with Crippen molar-refractivity contribution in [1.29, 1.82) is 0 Å².